The summed E-state index contributed by atoms with van der Waals surface area (Å²) in [5, 5.41) is 19.7. The minimum Gasteiger partial charge on any atom is -0.397 e. The number of nitrogens with zero attached hydrogens (tertiary/aromatic N) is 2. The molecule has 0 spiro atoms. The first kappa shape index (κ1) is 36.7. The number of halogens is 4. The van der Waals surface area contributed by atoms with E-state index in [1.807, 2.05) is 45.0 Å². The van der Waals surface area contributed by atoms with E-state index in [4.69, 9.17) is 14.8 Å². The van der Waals surface area contributed by atoms with Gasteiger partial charge in [-0.3, -0.25) is 9.59 Å². The molecule has 3 heterocycles. The molecule has 1 saturated heterocycles. The van der Waals surface area contributed by atoms with Crippen LogP contribution in [0.1, 0.15) is 74.3 Å². The summed E-state index contributed by atoms with van der Waals surface area (Å²) in [5.41, 5.74) is 13.3. The average molecular weight is 726 g/mol. The van der Waals surface area contributed by atoms with E-state index in [1.165, 1.54) is 0 Å². The van der Waals surface area contributed by atoms with Gasteiger partial charge in [-0.1, -0.05) is 22.4 Å². The summed E-state index contributed by atoms with van der Waals surface area (Å²) < 4.78 is 64.1. The highest BCUT2D eigenvalue weighted by atomic mass is 19.3. The Labute approximate surface area is 298 Å². The normalized spacial score (nSPS) is 21.7. The molecule has 2 aliphatic carbocycles. The first-order valence-electron chi connectivity index (χ1n) is 17.4. The maximum Gasteiger partial charge on any atom is 0.250 e. The molecule has 2 aromatic carbocycles. The number of aromatic nitrogens is 2. The van der Waals surface area contributed by atoms with E-state index in [2.05, 4.69) is 31.6 Å². The third-order valence-corrected chi connectivity index (χ3v) is 9.81. The smallest absolute Gasteiger partial charge is 0.250 e. The molecular formula is C37H43F4N7O4. The van der Waals surface area contributed by atoms with Crippen LogP contribution in [0.3, 0.4) is 0 Å². The minimum absolute atomic E-state index is 0.0677. The number of hydrogen-bond acceptors (Lipinski definition) is 9. The molecular weight excluding hydrogens is 682 g/mol. The van der Waals surface area contributed by atoms with Crippen LogP contribution < -0.4 is 27.0 Å². The second kappa shape index (κ2) is 14.5. The van der Waals surface area contributed by atoms with E-state index < -0.39 is 17.9 Å². The first-order chi connectivity index (χ1) is 24.6. The number of carbonyl (C=O) groups is 2. The van der Waals surface area contributed by atoms with Gasteiger partial charge in [-0.05, 0) is 82.3 Å². The Morgan fingerprint density at radius 2 is 1.31 bits per heavy atom. The van der Waals surface area contributed by atoms with Crippen LogP contribution in [-0.2, 0) is 9.59 Å². The molecule has 52 heavy (non-hydrogen) atoms. The minimum atomic E-state index is -2.67. The molecule has 0 unspecified atom stereocenters. The zero-order valence-electron chi connectivity index (χ0n) is 29.5. The van der Waals surface area contributed by atoms with Crippen molar-refractivity contribution >= 4 is 34.6 Å². The summed E-state index contributed by atoms with van der Waals surface area (Å²) >= 11 is 0. The number of nitrogens with one attached hydrogen (secondary N) is 4. The van der Waals surface area contributed by atoms with Gasteiger partial charge in [-0.25, -0.2) is 17.6 Å². The highest BCUT2D eigenvalue weighted by Gasteiger charge is 2.40. The lowest BCUT2D eigenvalue weighted by molar-refractivity contribution is -0.122. The number of alkyl halides is 4. The molecule has 278 valence electrons. The molecule has 2 amide bonds. The van der Waals surface area contributed by atoms with Crippen molar-refractivity contribution in [2.45, 2.75) is 109 Å². The van der Waals surface area contributed by atoms with E-state index in [0.717, 1.165) is 33.7 Å². The summed E-state index contributed by atoms with van der Waals surface area (Å²) in [6.07, 6.45) is 0.927. The number of benzene rings is 2. The Hall–Kier alpha value is -5.08. The Bertz CT molecular complexity index is 1920. The van der Waals surface area contributed by atoms with Gasteiger partial charge < -0.3 is 36.0 Å². The number of anilines is 4. The van der Waals surface area contributed by atoms with Gasteiger partial charge in [0.2, 0.25) is 23.7 Å². The lowest BCUT2D eigenvalue weighted by Gasteiger charge is -2.20. The van der Waals surface area contributed by atoms with Crippen LogP contribution in [0, 0.1) is 27.7 Å². The van der Waals surface area contributed by atoms with Gasteiger partial charge in [0.15, 0.2) is 0 Å². The number of aryl methyl sites for hydroxylation is 4. The summed E-state index contributed by atoms with van der Waals surface area (Å²) in [5.74, 6) is -4.37. The monoisotopic (exact) mass is 725 g/mol. The molecule has 4 aromatic rings. The van der Waals surface area contributed by atoms with Crippen LogP contribution in [0.25, 0.3) is 22.3 Å². The zero-order chi connectivity index (χ0) is 37.4. The molecule has 0 radical (unpaired) electrons. The number of rotatable bonds is 8. The van der Waals surface area contributed by atoms with Crippen molar-refractivity contribution in [2.24, 2.45) is 0 Å². The second-order valence-corrected chi connectivity index (χ2v) is 14.0. The molecule has 1 aliphatic heterocycles. The fraction of sp³-hybridized carbons (Fsp3) is 0.459. The third kappa shape index (κ3) is 8.34. The van der Waals surface area contributed by atoms with Gasteiger partial charge in [0.05, 0.1) is 34.1 Å². The highest BCUT2D eigenvalue weighted by molar-refractivity contribution is 6.01. The summed E-state index contributed by atoms with van der Waals surface area (Å²) in [7, 11) is 0. The molecule has 0 bridgehead atoms. The van der Waals surface area contributed by atoms with Crippen LogP contribution >= 0.6 is 0 Å². The lowest BCUT2D eigenvalue weighted by atomic mass is 10.0. The van der Waals surface area contributed by atoms with Gasteiger partial charge in [0, 0.05) is 55.3 Å². The Balaban J connectivity index is 0.000000187. The number of nitrogens with two attached hydrogens (primary N) is 1. The maximum atomic E-state index is 13.6. The molecule has 3 atom stereocenters. The lowest BCUT2D eigenvalue weighted by Crippen LogP contribution is -2.37. The molecule has 2 aromatic heterocycles. The summed E-state index contributed by atoms with van der Waals surface area (Å²) in [4.78, 5) is 24.1. The average Bonchev–Trinajstić information content (AvgIpc) is 3.90. The fourth-order valence-corrected chi connectivity index (χ4v) is 7.19. The quantitative estimate of drug-likeness (QED) is 0.0898. The van der Waals surface area contributed by atoms with Gasteiger partial charge in [-0.2, -0.15) is 0 Å². The molecule has 2 saturated carbocycles. The summed E-state index contributed by atoms with van der Waals surface area (Å²) in [6.45, 7) is 7.34. The Kier molecular flexibility index (Phi) is 10.2. The van der Waals surface area contributed by atoms with E-state index in [1.54, 1.807) is 19.1 Å². The van der Waals surface area contributed by atoms with Gasteiger partial charge in [-0.15, -0.1) is 0 Å². The SMILES string of the molecule is Cc1noc(C)c1-c1ccc(N[C@@H]2CCC(F)(F)C2)c(N)c1.Cc1noc(C)c1-c1ccc(N[C@@H]2CCC(F)(F)C2)c(NC(=O)[C@@H]2CCC(=O)N2)c1. The van der Waals surface area contributed by atoms with Crippen molar-refractivity contribution < 1.29 is 36.2 Å². The van der Waals surface area contributed by atoms with Gasteiger partial charge in [0.25, 0.3) is 0 Å². The van der Waals surface area contributed by atoms with E-state index in [9.17, 15) is 27.2 Å². The van der Waals surface area contributed by atoms with E-state index in [-0.39, 0.29) is 49.6 Å². The van der Waals surface area contributed by atoms with Crippen molar-refractivity contribution in [1.82, 2.24) is 15.6 Å². The molecule has 6 N–H and O–H groups in total. The second-order valence-electron chi connectivity index (χ2n) is 14.0. The molecule has 7 rings (SSSR count). The highest BCUT2D eigenvalue weighted by Crippen LogP contribution is 2.40. The van der Waals surface area contributed by atoms with Crippen molar-refractivity contribution in [3.05, 3.63) is 59.3 Å². The number of amides is 2. The molecule has 15 heteroatoms. The fourth-order valence-electron chi connectivity index (χ4n) is 7.19. The van der Waals surface area contributed by atoms with Crippen molar-refractivity contribution in [2.75, 3.05) is 21.7 Å². The predicted octanol–water partition coefficient (Wildman–Crippen LogP) is 7.92. The molecule has 3 aliphatic rings. The van der Waals surface area contributed by atoms with Crippen LogP contribution in [0.15, 0.2) is 45.4 Å². The number of hydrogen-bond donors (Lipinski definition) is 5. The first-order valence-corrected chi connectivity index (χ1v) is 17.4. The van der Waals surface area contributed by atoms with Gasteiger partial charge >= 0.3 is 0 Å². The topological polar surface area (TPSA) is 160 Å². The van der Waals surface area contributed by atoms with Crippen LogP contribution in [0.2, 0.25) is 0 Å². The molecule has 11 nitrogen and oxygen atoms in total. The van der Waals surface area contributed by atoms with Crippen molar-refractivity contribution in [1.29, 1.82) is 0 Å². The predicted molar refractivity (Wildman–Crippen MR) is 189 cm³/mol. The molecule has 3 fully saturated rings. The number of nitrogen functional groups attached to an aromatic ring is 1. The zero-order valence-corrected chi connectivity index (χ0v) is 29.5. The summed E-state index contributed by atoms with van der Waals surface area (Å²) in [6, 6.07) is 9.71. The Morgan fingerprint density at radius 1 is 0.788 bits per heavy atom. The van der Waals surface area contributed by atoms with Crippen molar-refractivity contribution in [3.8, 4) is 22.3 Å². The van der Waals surface area contributed by atoms with Crippen LogP contribution in [0.4, 0.5) is 40.3 Å². The Morgan fingerprint density at radius 3 is 1.75 bits per heavy atom. The standard InChI is InChI=1S/C21H24F2N4O3.C16H19F2N3O/c1-11-19(12(2)30-27-11)13-3-4-15(24-14-7-8-21(22,23)10-14)17(9-13)26-20(29)16-5-6-18(28)25-16;1-9-15(10(2)22-21-9)11-3-4-14(13(19)7-11)20-12-5-6-16(17,18)8-12/h3-4,9,14,16,24H,5-8,10H2,1-2H3,(H,25,28)(H,26,29);3-4,7,12,20H,5-6,8,19H2,1-2H3/t14-,16+;12-/m11/s1. The van der Waals surface area contributed by atoms with E-state index >= 15 is 0 Å². The third-order valence-electron chi connectivity index (χ3n) is 9.81. The maximum absolute atomic E-state index is 13.6. The van der Waals surface area contributed by atoms with Crippen molar-refractivity contribution in [3.63, 3.8) is 0 Å². The van der Waals surface area contributed by atoms with Crippen LogP contribution in [-0.4, -0.2) is 52.1 Å². The van der Waals surface area contributed by atoms with E-state index in [0.29, 0.717) is 59.9 Å². The largest absolute Gasteiger partial charge is 0.397 e. The van der Waals surface area contributed by atoms with Gasteiger partial charge in [0.1, 0.15) is 17.6 Å². The number of carbonyl (C=O) groups excluding carboxylic acids is 2. The van der Waals surface area contributed by atoms with Crippen LogP contribution in [0.5, 0.6) is 0 Å².